The van der Waals surface area contributed by atoms with E-state index in [2.05, 4.69) is 28.0 Å². The third-order valence-electron chi connectivity index (χ3n) is 2.22. The molecule has 0 amide bonds. The highest BCUT2D eigenvalue weighted by Crippen LogP contribution is 2.16. The van der Waals surface area contributed by atoms with Crippen molar-refractivity contribution in [2.24, 2.45) is 0 Å². The summed E-state index contributed by atoms with van der Waals surface area (Å²) in [6, 6.07) is 1.82. The van der Waals surface area contributed by atoms with Gasteiger partial charge in [-0.25, -0.2) is 9.97 Å². The van der Waals surface area contributed by atoms with Crippen molar-refractivity contribution in [1.82, 2.24) is 9.97 Å². The zero-order valence-electron chi connectivity index (χ0n) is 10.0. The Kier molecular flexibility index (Phi) is 5.91. The maximum atomic E-state index is 5.98. The fourth-order valence-electron chi connectivity index (χ4n) is 1.33. The predicted octanol–water partition coefficient (Wildman–Crippen LogP) is 2.88. The molecule has 0 radical (unpaired) electrons. The third-order valence-corrected chi connectivity index (χ3v) is 3.01. The van der Waals surface area contributed by atoms with Crippen molar-refractivity contribution in [1.29, 1.82) is 0 Å². The molecule has 0 saturated heterocycles. The molecule has 1 aromatic heterocycles. The quantitative estimate of drug-likeness (QED) is 0.735. The van der Waals surface area contributed by atoms with E-state index >= 15 is 0 Å². The topological polar surface area (TPSA) is 29.0 Å². The van der Waals surface area contributed by atoms with Crippen molar-refractivity contribution in [2.75, 3.05) is 30.5 Å². The summed E-state index contributed by atoms with van der Waals surface area (Å²) in [5.41, 5.74) is 0. The summed E-state index contributed by atoms with van der Waals surface area (Å²) < 4.78 is 0. The van der Waals surface area contributed by atoms with Crippen molar-refractivity contribution in [3.8, 4) is 0 Å². The van der Waals surface area contributed by atoms with E-state index in [-0.39, 0.29) is 0 Å². The predicted molar refractivity (Wildman–Crippen MR) is 72.7 cm³/mol. The van der Waals surface area contributed by atoms with E-state index in [1.54, 1.807) is 0 Å². The highest BCUT2D eigenvalue weighted by Gasteiger charge is 2.06. The van der Waals surface area contributed by atoms with Crippen molar-refractivity contribution < 1.29 is 0 Å². The van der Waals surface area contributed by atoms with Gasteiger partial charge in [0.05, 0.1) is 0 Å². The zero-order chi connectivity index (χ0) is 12.0. The number of nitrogens with zero attached hydrogens (tertiary/aromatic N) is 3. The van der Waals surface area contributed by atoms with Crippen LogP contribution >= 0.6 is 23.4 Å². The highest BCUT2D eigenvalue weighted by molar-refractivity contribution is 7.98. The van der Waals surface area contributed by atoms with Gasteiger partial charge in [0, 0.05) is 31.8 Å². The second-order valence-corrected chi connectivity index (χ2v) is 5.00. The molecule has 3 nitrogen and oxygen atoms in total. The molecule has 0 spiro atoms. The summed E-state index contributed by atoms with van der Waals surface area (Å²) in [5, 5.41) is 0.532. The first-order valence-corrected chi connectivity index (χ1v) is 7.18. The van der Waals surface area contributed by atoms with E-state index in [0.717, 1.165) is 36.8 Å². The molecule has 1 aromatic rings. The fourth-order valence-corrected chi connectivity index (χ4v) is 1.98. The minimum atomic E-state index is 0.532. The summed E-state index contributed by atoms with van der Waals surface area (Å²) in [4.78, 5) is 10.8. The van der Waals surface area contributed by atoms with Crippen molar-refractivity contribution >= 4 is 29.2 Å². The van der Waals surface area contributed by atoms with E-state index < -0.39 is 0 Å². The Morgan fingerprint density at radius 2 is 2.19 bits per heavy atom. The van der Waals surface area contributed by atoms with E-state index in [9.17, 15) is 0 Å². The smallest absolute Gasteiger partial charge is 0.134 e. The molecular formula is C11H18ClN3S. The lowest BCUT2D eigenvalue weighted by molar-refractivity contribution is 0.820. The summed E-state index contributed by atoms with van der Waals surface area (Å²) in [6.07, 6.45) is 4.02. The number of rotatable bonds is 6. The molecule has 0 N–H and O–H groups in total. The molecule has 16 heavy (non-hydrogen) atoms. The van der Waals surface area contributed by atoms with Crippen LogP contribution in [0.15, 0.2) is 6.07 Å². The molecule has 0 aromatic carbocycles. The van der Waals surface area contributed by atoms with Gasteiger partial charge in [-0.2, -0.15) is 11.8 Å². The maximum absolute atomic E-state index is 5.98. The summed E-state index contributed by atoms with van der Waals surface area (Å²) in [7, 11) is 2.03. The molecule has 1 rings (SSSR count). The molecule has 0 aliphatic carbocycles. The summed E-state index contributed by atoms with van der Waals surface area (Å²) in [6.45, 7) is 3.08. The van der Waals surface area contributed by atoms with Gasteiger partial charge in [-0.3, -0.25) is 0 Å². The minimum Gasteiger partial charge on any atom is -0.359 e. The molecule has 0 aliphatic heterocycles. The van der Waals surface area contributed by atoms with Gasteiger partial charge in [-0.05, 0) is 12.7 Å². The molecule has 0 fully saturated rings. The van der Waals surface area contributed by atoms with E-state index in [4.69, 9.17) is 11.6 Å². The van der Waals surface area contributed by atoms with Gasteiger partial charge in [-0.15, -0.1) is 0 Å². The third kappa shape index (κ3) is 4.18. The Labute approximate surface area is 107 Å². The second kappa shape index (κ2) is 6.97. The number of thioether (sulfide) groups is 1. The first-order valence-electron chi connectivity index (χ1n) is 5.41. The SMILES string of the molecule is CCCc1nc(Cl)cc(N(C)CCSC)n1. The monoisotopic (exact) mass is 259 g/mol. The number of hydrogen-bond donors (Lipinski definition) is 0. The molecule has 0 atom stereocenters. The molecule has 0 bridgehead atoms. The molecule has 0 unspecified atom stereocenters. The molecule has 0 saturated carbocycles. The van der Waals surface area contributed by atoms with E-state index in [1.807, 2.05) is 24.9 Å². The zero-order valence-corrected chi connectivity index (χ0v) is 11.6. The molecule has 1 heterocycles. The van der Waals surface area contributed by atoms with Gasteiger partial charge in [0.1, 0.15) is 16.8 Å². The molecular weight excluding hydrogens is 242 g/mol. The number of halogens is 1. The van der Waals surface area contributed by atoms with Gasteiger partial charge in [-0.1, -0.05) is 18.5 Å². The van der Waals surface area contributed by atoms with Gasteiger partial charge < -0.3 is 4.90 Å². The Hall–Kier alpha value is -0.480. The lowest BCUT2D eigenvalue weighted by Gasteiger charge is -2.18. The number of anilines is 1. The van der Waals surface area contributed by atoms with Crippen LogP contribution in [0.2, 0.25) is 5.15 Å². The van der Waals surface area contributed by atoms with Crippen LogP contribution < -0.4 is 4.90 Å². The number of aryl methyl sites for hydroxylation is 1. The van der Waals surface area contributed by atoms with Crippen LogP contribution in [0.3, 0.4) is 0 Å². The summed E-state index contributed by atoms with van der Waals surface area (Å²) in [5.74, 6) is 2.83. The van der Waals surface area contributed by atoms with Gasteiger partial charge in [0.15, 0.2) is 0 Å². The highest BCUT2D eigenvalue weighted by atomic mass is 35.5. The normalized spacial score (nSPS) is 10.5. The van der Waals surface area contributed by atoms with Crippen LogP contribution in [0.5, 0.6) is 0 Å². The van der Waals surface area contributed by atoms with Crippen LogP contribution in [-0.2, 0) is 6.42 Å². The average Bonchev–Trinajstić information content (AvgIpc) is 2.25. The Morgan fingerprint density at radius 1 is 1.44 bits per heavy atom. The van der Waals surface area contributed by atoms with E-state index in [0.29, 0.717) is 5.15 Å². The Bertz CT molecular complexity index is 333. The summed E-state index contributed by atoms with van der Waals surface area (Å²) >= 11 is 7.81. The van der Waals surface area contributed by atoms with Crippen LogP contribution in [0.4, 0.5) is 5.82 Å². The van der Waals surface area contributed by atoms with Crippen molar-refractivity contribution in [3.05, 3.63) is 17.0 Å². The van der Waals surface area contributed by atoms with Crippen LogP contribution in [0.1, 0.15) is 19.2 Å². The number of hydrogen-bond acceptors (Lipinski definition) is 4. The lowest BCUT2D eigenvalue weighted by Crippen LogP contribution is -2.22. The maximum Gasteiger partial charge on any atom is 0.134 e. The van der Waals surface area contributed by atoms with Gasteiger partial charge >= 0.3 is 0 Å². The second-order valence-electron chi connectivity index (χ2n) is 3.63. The Morgan fingerprint density at radius 3 is 2.81 bits per heavy atom. The van der Waals surface area contributed by atoms with Crippen LogP contribution in [-0.4, -0.2) is 35.6 Å². The first kappa shape index (κ1) is 13.6. The standard InChI is InChI=1S/C11H18ClN3S/c1-4-5-10-13-9(12)8-11(14-10)15(2)6-7-16-3/h8H,4-7H2,1-3H3. The van der Waals surface area contributed by atoms with Crippen LogP contribution in [0, 0.1) is 0 Å². The Balaban J connectivity index is 2.78. The molecule has 90 valence electrons. The van der Waals surface area contributed by atoms with Gasteiger partial charge in [0.25, 0.3) is 0 Å². The van der Waals surface area contributed by atoms with E-state index in [1.165, 1.54) is 0 Å². The minimum absolute atomic E-state index is 0.532. The van der Waals surface area contributed by atoms with Crippen molar-refractivity contribution in [2.45, 2.75) is 19.8 Å². The van der Waals surface area contributed by atoms with Crippen molar-refractivity contribution in [3.63, 3.8) is 0 Å². The largest absolute Gasteiger partial charge is 0.359 e. The van der Waals surface area contributed by atoms with Crippen LogP contribution in [0.25, 0.3) is 0 Å². The molecule has 5 heteroatoms. The average molecular weight is 260 g/mol. The molecule has 0 aliphatic rings. The lowest BCUT2D eigenvalue weighted by atomic mass is 10.3. The van der Waals surface area contributed by atoms with Gasteiger partial charge in [0.2, 0.25) is 0 Å². The first-order chi connectivity index (χ1) is 7.67. The number of aromatic nitrogens is 2. The fraction of sp³-hybridized carbons (Fsp3) is 0.636.